The summed E-state index contributed by atoms with van der Waals surface area (Å²) >= 11 is 5.77. The average molecular weight is 351 g/mol. The maximum absolute atomic E-state index is 13.2. The van der Waals surface area contributed by atoms with Gasteiger partial charge in [-0.25, -0.2) is 8.78 Å². The number of benzene rings is 2. The van der Waals surface area contributed by atoms with Crippen molar-refractivity contribution in [1.29, 1.82) is 0 Å². The van der Waals surface area contributed by atoms with Gasteiger partial charge in [0.15, 0.2) is 11.6 Å². The summed E-state index contributed by atoms with van der Waals surface area (Å²) in [5.41, 5.74) is 0.891. The van der Waals surface area contributed by atoms with E-state index in [-0.39, 0.29) is 22.4 Å². The minimum atomic E-state index is -1.15. The third kappa shape index (κ3) is 3.71. The Labute approximate surface area is 141 Å². The van der Waals surface area contributed by atoms with Crippen LogP contribution in [0.3, 0.4) is 0 Å². The van der Waals surface area contributed by atoms with Crippen LogP contribution >= 0.6 is 11.6 Å². The molecule has 4 nitrogen and oxygen atoms in total. The fourth-order valence-corrected chi connectivity index (χ4v) is 2.36. The SMILES string of the molecule is O=C(Nc1ccc(NC(=O)C2CC2)cc1)c1cc(F)c(F)cc1Cl. The van der Waals surface area contributed by atoms with Gasteiger partial charge < -0.3 is 10.6 Å². The Morgan fingerprint density at radius 3 is 2.08 bits per heavy atom. The monoisotopic (exact) mass is 350 g/mol. The smallest absolute Gasteiger partial charge is 0.257 e. The summed E-state index contributed by atoms with van der Waals surface area (Å²) in [7, 11) is 0. The second-order valence-corrected chi connectivity index (χ2v) is 5.95. The lowest BCUT2D eigenvalue weighted by atomic mass is 10.2. The molecule has 0 aliphatic heterocycles. The van der Waals surface area contributed by atoms with E-state index in [4.69, 9.17) is 11.6 Å². The second kappa shape index (κ2) is 6.57. The van der Waals surface area contributed by atoms with E-state index in [9.17, 15) is 18.4 Å². The zero-order valence-electron chi connectivity index (χ0n) is 12.4. The fraction of sp³-hybridized carbons (Fsp3) is 0.176. The molecule has 24 heavy (non-hydrogen) atoms. The summed E-state index contributed by atoms with van der Waals surface area (Å²) in [5, 5.41) is 5.13. The van der Waals surface area contributed by atoms with Gasteiger partial charge in [0.2, 0.25) is 5.91 Å². The van der Waals surface area contributed by atoms with Gasteiger partial charge in [-0.2, -0.15) is 0 Å². The van der Waals surface area contributed by atoms with Crippen molar-refractivity contribution >= 4 is 34.8 Å². The molecule has 1 aliphatic carbocycles. The van der Waals surface area contributed by atoms with E-state index in [2.05, 4.69) is 10.6 Å². The highest BCUT2D eigenvalue weighted by atomic mass is 35.5. The van der Waals surface area contributed by atoms with Crippen molar-refractivity contribution in [1.82, 2.24) is 0 Å². The quantitative estimate of drug-likeness (QED) is 0.811. The third-order valence-electron chi connectivity index (χ3n) is 3.61. The van der Waals surface area contributed by atoms with Crippen molar-refractivity contribution in [2.75, 3.05) is 10.6 Å². The van der Waals surface area contributed by atoms with Gasteiger partial charge in [-0.1, -0.05) is 11.6 Å². The maximum atomic E-state index is 13.2. The molecule has 124 valence electrons. The number of halogens is 3. The van der Waals surface area contributed by atoms with Crippen molar-refractivity contribution < 1.29 is 18.4 Å². The molecular formula is C17H13ClF2N2O2. The van der Waals surface area contributed by atoms with Gasteiger partial charge in [-0.05, 0) is 49.2 Å². The van der Waals surface area contributed by atoms with Crippen molar-refractivity contribution in [3.63, 3.8) is 0 Å². The van der Waals surface area contributed by atoms with Crippen LogP contribution in [0.5, 0.6) is 0 Å². The van der Waals surface area contributed by atoms with Crippen molar-refractivity contribution in [2.45, 2.75) is 12.8 Å². The number of rotatable bonds is 4. The van der Waals surface area contributed by atoms with E-state index >= 15 is 0 Å². The van der Waals surface area contributed by atoms with Gasteiger partial charge in [-0.3, -0.25) is 9.59 Å². The molecule has 1 aliphatic rings. The maximum Gasteiger partial charge on any atom is 0.257 e. The van der Waals surface area contributed by atoms with Crippen molar-refractivity contribution in [3.05, 3.63) is 58.6 Å². The first kappa shape index (κ1) is 16.4. The standard InChI is InChI=1S/C17H13ClF2N2O2/c18-13-8-15(20)14(19)7-12(13)17(24)22-11-5-3-10(4-6-11)21-16(23)9-1-2-9/h3-9H,1-2H2,(H,21,23)(H,22,24). The molecule has 0 atom stereocenters. The van der Waals surface area contributed by atoms with Crippen LogP contribution in [-0.4, -0.2) is 11.8 Å². The molecule has 0 aromatic heterocycles. The van der Waals surface area contributed by atoms with Gasteiger partial charge in [0.25, 0.3) is 5.91 Å². The number of hydrogen-bond donors (Lipinski definition) is 2. The molecule has 2 N–H and O–H groups in total. The molecule has 2 aromatic carbocycles. The zero-order valence-corrected chi connectivity index (χ0v) is 13.2. The van der Waals surface area contributed by atoms with Gasteiger partial charge in [0.05, 0.1) is 10.6 Å². The third-order valence-corrected chi connectivity index (χ3v) is 3.93. The average Bonchev–Trinajstić information content (AvgIpc) is 3.37. The molecular weight excluding hydrogens is 338 g/mol. The van der Waals surface area contributed by atoms with Crippen LogP contribution in [-0.2, 0) is 4.79 Å². The van der Waals surface area contributed by atoms with Crippen LogP contribution in [0.1, 0.15) is 23.2 Å². The minimum absolute atomic E-state index is 0.0136. The lowest BCUT2D eigenvalue weighted by Crippen LogP contribution is -2.14. The van der Waals surface area contributed by atoms with E-state index in [0.29, 0.717) is 11.4 Å². The fourth-order valence-electron chi connectivity index (χ4n) is 2.12. The van der Waals surface area contributed by atoms with Crippen LogP contribution in [0.4, 0.5) is 20.2 Å². The van der Waals surface area contributed by atoms with Gasteiger partial charge >= 0.3 is 0 Å². The molecule has 0 heterocycles. The Bertz CT molecular complexity index is 805. The largest absolute Gasteiger partial charge is 0.326 e. The van der Waals surface area contributed by atoms with Gasteiger partial charge in [-0.15, -0.1) is 0 Å². The predicted octanol–water partition coefficient (Wildman–Crippen LogP) is 4.22. The molecule has 0 radical (unpaired) electrons. The highest BCUT2D eigenvalue weighted by Crippen LogP contribution is 2.30. The molecule has 0 saturated heterocycles. The first-order valence-corrected chi connectivity index (χ1v) is 7.68. The molecule has 1 saturated carbocycles. The summed E-state index contributed by atoms with van der Waals surface area (Å²) in [6, 6.07) is 7.97. The number of anilines is 2. The first-order chi connectivity index (χ1) is 11.4. The van der Waals surface area contributed by atoms with E-state index in [0.717, 1.165) is 25.0 Å². The highest BCUT2D eigenvalue weighted by molar-refractivity contribution is 6.34. The van der Waals surface area contributed by atoms with E-state index in [1.165, 1.54) is 0 Å². The van der Waals surface area contributed by atoms with Crippen LogP contribution in [0, 0.1) is 17.6 Å². The summed E-state index contributed by atoms with van der Waals surface area (Å²) in [6.07, 6.45) is 1.82. The van der Waals surface area contributed by atoms with E-state index in [1.807, 2.05) is 0 Å². The molecule has 0 bridgehead atoms. The molecule has 3 rings (SSSR count). The topological polar surface area (TPSA) is 58.2 Å². The molecule has 1 fully saturated rings. The van der Waals surface area contributed by atoms with Crippen molar-refractivity contribution in [3.8, 4) is 0 Å². The lowest BCUT2D eigenvalue weighted by Gasteiger charge is -2.09. The van der Waals surface area contributed by atoms with Crippen LogP contribution < -0.4 is 10.6 Å². The summed E-state index contributed by atoms with van der Waals surface area (Å²) in [6.45, 7) is 0. The number of hydrogen-bond acceptors (Lipinski definition) is 2. The Kier molecular flexibility index (Phi) is 4.49. The zero-order chi connectivity index (χ0) is 17.3. The number of carbonyl (C=O) groups excluding carboxylic acids is 2. The molecule has 2 aromatic rings. The Morgan fingerprint density at radius 2 is 1.50 bits per heavy atom. The number of nitrogens with one attached hydrogen (secondary N) is 2. The van der Waals surface area contributed by atoms with Crippen molar-refractivity contribution in [2.24, 2.45) is 5.92 Å². The number of amides is 2. The number of carbonyl (C=O) groups is 2. The van der Waals surface area contributed by atoms with Crippen LogP contribution in [0.25, 0.3) is 0 Å². The summed E-state index contributed by atoms with van der Waals surface area (Å²) in [5.74, 6) is -2.84. The van der Waals surface area contributed by atoms with E-state index in [1.54, 1.807) is 24.3 Å². The summed E-state index contributed by atoms with van der Waals surface area (Å²) in [4.78, 5) is 23.8. The van der Waals surface area contributed by atoms with Crippen LogP contribution in [0.15, 0.2) is 36.4 Å². The van der Waals surface area contributed by atoms with Gasteiger partial charge in [0.1, 0.15) is 0 Å². The predicted molar refractivity (Wildman–Crippen MR) is 87.1 cm³/mol. The highest BCUT2D eigenvalue weighted by Gasteiger charge is 2.29. The second-order valence-electron chi connectivity index (χ2n) is 5.54. The molecule has 7 heteroatoms. The molecule has 0 unspecified atom stereocenters. The van der Waals surface area contributed by atoms with E-state index < -0.39 is 17.5 Å². The van der Waals surface area contributed by atoms with Gasteiger partial charge in [0, 0.05) is 17.3 Å². The Morgan fingerprint density at radius 1 is 0.958 bits per heavy atom. The molecule has 0 spiro atoms. The van der Waals surface area contributed by atoms with Crippen LogP contribution in [0.2, 0.25) is 5.02 Å². The minimum Gasteiger partial charge on any atom is -0.326 e. The lowest BCUT2D eigenvalue weighted by molar-refractivity contribution is -0.117. The first-order valence-electron chi connectivity index (χ1n) is 7.31. The molecule has 2 amide bonds. The normalized spacial score (nSPS) is 13.5. The Hall–Kier alpha value is -2.47. The summed E-state index contributed by atoms with van der Waals surface area (Å²) < 4.78 is 26.3. The Balaban J connectivity index is 1.68.